The molecule has 1 rings (SSSR count). The van der Waals surface area contributed by atoms with Gasteiger partial charge in [0.05, 0.1) is 12.1 Å². The van der Waals surface area contributed by atoms with Gasteiger partial charge in [-0.2, -0.15) is 4.98 Å². The lowest BCUT2D eigenvalue weighted by Gasteiger charge is -2.01. The second-order valence-corrected chi connectivity index (χ2v) is 3.65. The van der Waals surface area contributed by atoms with Crippen LogP contribution in [0.25, 0.3) is 0 Å². The van der Waals surface area contributed by atoms with Crippen LogP contribution in [-0.2, 0) is 0 Å². The average molecular weight is 304 g/mol. The molecule has 2 nitrogen and oxygen atoms in total. The molecule has 0 fully saturated rings. The highest BCUT2D eigenvalue weighted by Crippen LogP contribution is 2.28. The zero-order valence-electron chi connectivity index (χ0n) is 5.57. The molecule has 0 radical (unpaired) electrons. The summed E-state index contributed by atoms with van der Waals surface area (Å²) in [6.07, 6.45) is 0. The zero-order chi connectivity index (χ0) is 8.43. The van der Waals surface area contributed by atoms with E-state index in [9.17, 15) is 0 Å². The third-order valence-corrected chi connectivity index (χ3v) is 2.98. The largest absolute Gasteiger partial charge is 0.481 e. The maximum Gasteiger partial charge on any atom is 0.215 e. The van der Waals surface area contributed by atoms with Crippen LogP contribution in [0.5, 0.6) is 5.88 Å². The number of ether oxygens (including phenoxy) is 1. The first-order chi connectivity index (χ1) is 5.15. The first-order valence-corrected chi connectivity index (χ1v) is 4.54. The van der Waals surface area contributed by atoms with Gasteiger partial charge in [-0.15, -0.1) is 0 Å². The Balaban J connectivity index is 3.21. The molecule has 0 aromatic carbocycles. The summed E-state index contributed by atoms with van der Waals surface area (Å²) < 4.78 is 5.71. The second kappa shape index (κ2) is 3.78. The van der Waals surface area contributed by atoms with Gasteiger partial charge in [-0.25, -0.2) is 0 Å². The monoisotopic (exact) mass is 303 g/mol. The highest BCUT2D eigenvalue weighted by molar-refractivity contribution is 14.1. The molecule has 0 atom stereocenters. The van der Waals surface area contributed by atoms with Crippen molar-refractivity contribution in [2.24, 2.45) is 0 Å². The molecule has 0 aliphatic heterocycles. The van der Waals surface area contributed by atoms with Gasteiger partial charge in [0.2, 0.25) is 5.88 Å². The summed E-state index contributed by atoms with van der Waals surface area (Å²) in [7, 11) is 1.53. The van der Waals surface area contributed by atoms with E-state index in [0.717, 1.165) is 3.57 Å². The fourth-order valence-corrected chi connectivity index (χ4v) is 1.52. The van der Waals surface area contributed by atoms with Crippen LogP contribution < -0.4 is 4.74 Å². The standard InChI is InChI=1S/C6H4Cl2INO/c1-11-4-2-3(9)5(7)6(8)10-4/h2H,1H3. The smallest absolute Gasteiger partial charge is 0.215 e. The van der Waals surface area contributed by atoms with Crippen LogP contribution in [-0.4, -0.2) is 12.1 Å². The number of hydrogen-bond acceptors (Lipinski definition) is 2. The van der Waals surface area contributed by atoms with Crippen LogP contribution in [0.2, 0.25) is 10.2 Å². The number of pyridine rings is 1. The Hall–Kier alpha value is 0.260. The fourth-order valence-electron chi connectivity index (χ4n) is 0.553. The normalized spacial score (nSPS) is 9.82. The Morgan fingerprint density at radius 3 is 2.64 bits per heavy atom. The van der Waals surface area contributed by atoms with Crippen LogP contribution in [0.3, 0.4) is 0 Å². The van der Waals surface area contributed by atoms with Crippen molar-refractivity contribution in [2.45, 2.75) is 0 Å². The van der Waals surface area contributed by atoms with E-state index in [1.165, 1.54) is 7.11 Å². The molecule has 0 unspecified atom stereocenters. The number of methoxy groups -OCH3 is 1. The first-order valence-electron chi connectivity index (χ1n) is 2.70. The molecule has 0 aliphatic carbocycles. The van der Waals surface area contributed by atoms with Crippen LogP contribution >= 0.6 is 45.8 Å². The van der Waals surface area contributed by atoms with E-state index in [1.54, 1.807) is 6.07 Å². The van der Waals surface area contributed by atoms with Gasteiger partial charge in [-0.1, -0.05) is 23.2 Å². The van der Waals surface area contributed by atoms with Gasteiger partial charge >= 0.3 is 0 Å². The van der Waals surface area contributed by atoms with Crippen molar-refractivity contribution in [2.75, 3.05) is 7.11 Å². The van der Waals surface area contributed by atoms with E-state index in [2.05, 4.69) is 27.6 Å². The highest BCUT2D eigenvalue weighted by atomic mass is 127. The van der Waals surface area contributed by atoms with Crippen molar-refractivity contribution in [3.05, 3.63) is 19.8 Å². The maximum absolute atomic E-state index is 5.75. The number of nitrogens with zero attached hydrogens (tertiary/aromatic N) is 1. The summed E-state index contributed by atoms with van der Waals surface area (Å²) in [5, 5.41) is 0.739. The third kappa shape index (κ3) is 2.10. The van der Waals surface area contributed by atoms with E-state index >= 15 is 0 Å². The molecule has 0 amide bonds. The Bertz CT molecular complexity index is 256. The highest BCUT2D eigenvalue weighted by Gasteiger charge is 2.06. The molecule has 60 valence electrons. The minimum absolute atomic E-state index is 0.274. The Morgan fingerprint density at radius 2 is 2.18 bits per heavy atom. The van der Waals surface area contributed by atoms with Crippen LogP contribution in [0.4, 0.5) is 0 Å². The molecule has 0 aliphatic rings. The molecular formula is C6H4Cl2INO. The van der Waals surface area contributed by atoms with Crippen LogP contribution in [0, 0.1) is 3.57 Å². The lowest BCUT2D eigenvalue weighted by molar-refractivity contribution is 0.397. The van der Waals surface area contributed by atoms with E-state index in [4.69, 9.17) is 27.9 Å². The van der Waals surface area contributed by atoms with E-state index in [-0.39, 0.29) is 5.15 Å². The maximum atomic E-state index is 5.75. The van der Waals surface area contributed by atoms with Crippen molar-refractivity contribution < 1.29 is 4.74 Å². The molecule has 0 bridgehead atoms. The van der Waals surface area contributed by atoms with Gasteiger partial charge in [0.25, 0.3) is 0 Å². The van der Waals surface area contributed by atoms with Crippen molar-refractivity contribution in [1.29, 1.82) is 0 Å². The molecular weight excluding hydrogens is 300 g/mol. The third-order valence-electron chi connectivity index (χ3n) is 1.06. The summed E-state index contributed by atoms with van der Waals surface area (Å²) in [4.78, 5) is 3.86. The quantitative estimate of drug-likeness (QED) is 0.588. The minimum Gasteiger partial charge on any atom is -0.481 e. The molecule has 1 aromatic rings. The fraction of sp³-hybridized carbons (Fsp3) is 0.167. The molecule has 0 N–H and O–H groups in total. The van der Waals surface area contributed by atoms with Crippen molar-refractivity contribution >= 4 is 45.8 Å². The summed E-state index contributed by atoms with van der Waals surface area (Å²) in [5.41, 5.74) is 0. The van der Waals surface area contributed by atoms with Gasteiger partial charge in [-0.3, -0.25) is 0 Å². The van der Waals surface area contributed by atoms with Gasteiger partial charge in [0.15, 0.2) is 5.15 Å². The summed E-state index contributed by atoms with van der Waals surface area (Å²) >= 11 is 13.5. The lowest BCUT2D eigenvalue weighted by Crippen LogP contribution is -1.89. The molecule has 1 heterocycles. The first kappa shape index (κ1) is 9.35. The number of rotatable bonds is 1. The van der Waals surface area contributed by atoms with Gasteiger partial charge in [-0.05, 0) is 22.6 Å². The molecule has 0 spiro atoms. The molecule has 1 aromatic heterocycles. The summed E-state index contributed by atoms with van der Waals surface area (Å²) in [6, 6.07) is 1.72. The Morgan fingerprint density at radius 1 is 1.55 bits per heavy atom. The Labute approximate surface area is 88.0 Å². The van der Waals surface area contributed by atoms with Crippen LogP contribution in [0.15, 0.2) is 6.07 Å². The van der Waals surface area contributed by atoms with Crippen molar-refractivity contribution in [3.8, 4) is 5.88 Å². The molecule has 5 heteroatoms. The Kier molecular flexibility index (Phi) is 3.21. The van der Waals surface area contributed by atoms with Crippen LogP contribution in [0.1, 0.15) is 0 Å². The molecule has 0 saturated heterocycles. The van der Waals surface area contributed by atoms with Gasteiger partial charge in [0, 0.05) is 9.64 Å². The number of halogens is 3. The summed E-state index contributed by atoms with van der Waals surface area (Å²) in [6.45, 7) is 0. The number of aromatic nitrogens is 1. The van der Waals surface area contributed by atoms with Crippen molar-refractivity contribution in [3.63, 3.8) is 0 Å². The lowest BCUT2D eigenvalue weighted by atomic mass is 10.5. The van der Waals surface area contributed by atoms with Gasteiger partial charge < -0.3 is 4.74 Å². The van der Waals surface area contributed by atoms with E-state index < -0.39 is 0 Å². The predicted octanol–water partition coefficient (Wildman–Crippen LogP) is 3.00. The minimum atomic E-state index is 0.274. The summed E-state index contributed by atoms with van der Waals surface area (Å²) in [5.74, 6) is 0.476. The zero-order valence-corrected chi connectivity index (χ0v) is 9.24. The van der Waals surface area contributed by atoms with E-state index in [1.807, 2.05) is 0 Å². The molecule has 0 saturated carbocycles. The van der Waals surface area contributed by atoms with E-state index in [0.29, 0.717) is 10.9 Å². The molecule has 11 heavy (non-hydrogen) atoms. The average Bonchev–Trinajstić information content (AvgIpc) is 1.99. The van der Waals surface area contributed by atoms with Crippen molar-refractivity contribution in [1.82, 2.24) is 4.98 Å². The number of hydrogen-bond donors (Lipinski definition) is 0. The topological polar surface area (TPSA) is 22.1 Å². The van der Waals surface area contributed by atoms with Gasteiger partial charge in [0.1, 0.15) is 0 Å². The SMILES string of the molecule is COc1cc(I)c(Cl)c(Cl)n1. The second-order valence-electron chi connectivity index (χ2n) is 1.75. The predicted molar refractivity (Wildman–Crippen MR) is 53.5 cm³/mol.